The molecule has 0 atom stereocenters. The lowest BCUT2D eigenvalue weighted by atomic mass is 10.3. The van der Waals surface area contributed by atoms with Gasteiger partial charge in [0, 0.05) is 58.1 Å². The van der Waals surface area contributed by atoms with Crippen molar-refractivity contribution in [2.75, 3.05) is 63.9 Å². The lowest BCUT2D eigenvalue weighted by molar-refractivity contribution is -0.131. The maximum absolute atomic E-state index is 12.3. The van der Waals surface area contributed by atoms with E-state index >= 15 is 0 Å². The molecule has 9 nitrogen and oxygen atoms in total. The van der Waals surface area contributed by atoms with Gasteiger partial charge in [-0.3, -0.25) is 9.79 Å². The van der Waals surface area contributed by atoms with Crippen molar-refractivity contribution < 1.29 is 9.53 Å². The number of ether oxygens (including phenoxy) is 1. The van der Waals surface area contributed by atoms with Crippen molar-refractivity contribution in [3.63, 3.8) is 0 Å². The summed E-state index contributed by atoms with van der Waals surface area (Å²) in [6.45, 7) is 6.13. The summed E-state index contributed by atoms with van der Waals surface area (Å²) in [6.07, 6.45) is 3.85. The Morgan fingerprint density at radius 2 is 1.73 bits per heavy atom. The van der Waals surface area contributed by atoms with E-state index in [2.05, 4.69) is 19.9 Å². The largest absolute Gasteiger partial charge is 0.378 e. The third kappa shape index (κ3) is 5.66. The summed E-state index contributed by atoms with van der Waals surface area (Å²) < 4.78 is 5.29. The van der Waals surface area contributed by atoms with E-state index in [-0.39, 0.29) is 29.9 Å². The number of anilines is 1. The molecule has 0 unspecified atom stereocenters. The number of piperazine rings is 1. The number of aromatic nitrogens is 2. The van der Waals surface area contributed by atoms with Crippen molar-refractivity contribution in [2.45, 2.75) is 6.42 Å². The van der Waals surface area contributed by atoms with Crippen LogP contribution in [0.2, 0.25) is 0 Å². The Balaban J connectivity index is 0.00000243. The van der Waals surface area contributed by atoms with Crippen molar-refractivity contribution >= 4 is 41.8 Å². The Kier molecular flexibility index (Phi) is 8.29. The molecule has 0 bridgehead atoms. The minimum atomic E-state index is 0. The number of hydrogen-bond donors (Lipinski definition) is 1. The fraction of sp³-hybridized carbons (Fsp3) is 0.625. The van der Waals surface area contributed by atoms with Crippen LogP contribution in [0.15, 0.2) is 23.5 Å². The molecule has 2 aliphatic rings. The molecule has 0 saturated carbocycles. The highest BCUT2D eigenvalue weighted by Gasteiger charge is 2.22. The molecule has 2 aliphatic heterocycles. The molecule has 3 heterocycles. The van der Waals surface area contributed by atoms with Crippen LogP contribution < -0.4 is 10.6 Å². The van der Waals surface area contributed by atoms with E-state index in [1.807, 2.05) is 9.80 Å². The van der Waals surface area contributed by atoms with Gasteiger partial charge in [-0.1, -0.05) is 0 Å². The summed E-state index contributed by atoms with van der Waals surface area (Å²) in [5, 5.41) is 0. The van der Waals surface area contributed by atoms with Gasteiger partial charge >= 0.3 is 0 Å². The fourth-order valence-electron chi connectivity index (χ4n) is 2.93. The monoisotopic (exact) mass is 475 g/mol. The highest BCUT2D eigenvalue weighted by molar-refractivity contribution is 14.0. The second-order valence-corrected chi connectivity index (χ2v) is 6.01. The first-order valence-electron chi connectivity index (χ1n) is 8.66. The maximum atomic E-state index is 12.3. The number of rotatable bonds is 4. The zero-order chi connectivity index (χ0) is 17.5. The van der Waals surface area contributed by atoms with E-state index in [1.165, 1.54) is 0 Å². The van der Waals surface area contributed by atoms with E-state index in [0.29, 0.717) is 45.2 Å². The number of nitrogens with two attached hydrogens (primary N) is 1. The van der Waals surface area contributed by atoms with Crippen molar-refractivity contribution in [2.24, 2.45) is 10.7 Å². The first kappa shape index (κ1) is 20.6. The SMILES string of the molecule is I.NC(=NCCC(=O)N1CCN(c2ncccn2)CC1)N1CCOCC1. The van der Waals surface area contributed by atoms with Crippen LogP contribution in [-0.2, 0) is 9.53 Å². The summed E-state index contributed by atoms with van der Waals surface area (Å²) in [6, 6.07) is 1.80. The predicted octanol–water partition coefficient (Wildman–Crippen LogP) is -0.220. The summed E-state index contributed by atoms with van der Waals surface area (Å²) in [5.74, 6) is 1.34. The Hall–Kier alpha value is -1.69. The van der Waals surface area contributed by atoms with Gasteiger partial charge < -0.3 is 25.2 Å². The molecule has 10 heteroatoms. The number of morpholine rings is 1. The molecule has 2 saturated heterocycles. The molecule has 1 aromatic rings. The van der Waals surface area contributed by atoms with Crippen LogP contribution in [0.5, 0.6) is 0 Å². The van der Waals surface area contributed by atoms with E-state index < -0.39 is 0 Å². The lowest BCUT2D eigenvalue weighted by Gasteiger charge is -2.34. The molecule has 0 aliphatic carbocycles. The number of aliphatic imine (C=N–C) groups is 1. The van der Waals surface area contributed by atoms with Gasteiger partial charge in [0.25, 0.3) is 0 Å². The van der Waals surface area contributed by atoms with E-state index in [1.54, 1.807) is 18.5 Å². The second kappa shape index (κ2) is 10.5. The minimum absolute atomic E-state index is 0. The molecule has 2 fully saturated rings. The van der Waals surface area contributed by atoms with Gasteiger partial charge in [0.05, 0.1) is 19.8 Å². The van der Waals surface area contributed by atoms with Gasteiger partial charge in [0.1, 0.15) is 0 Å². The highest BCUT2D eigenvalue weighted by atomic mass is 127. The molecule has 144 valence electrons. The molecule has 0 aromatic carbocycles. The molecule has 0 spiro atoms. The standard InChI is InChI=1S/C16H25N7O2.HI/c17-15(22-10-12-25-13-11-22)18-5-2-14(24)21-6-8-23(9-7-21)16-19-3-1-4-20-16;/h1,3-4H,2,5-13H2,(H2,17,18);1H. The third-order valence-electron chi connectivity index (χ3n) is 4.40. The van der Waals surface area contributed by atoms with Crippen LogP contribution in [0.3, 0.4) is 0 Å². The van der Waals surface area contributed by atoms with Gasteiger partial charge in [-0.15, -0.1) is 24.0 Å². The number of carbonyl (C=O) groups excluding carboxylic acids is 1. The van der Waals surface area contributed by atoms with E-state index in [4.69, 9.17) is 10.5 Å². The number of guanidine groups is 1. The number of amides is 1. The molecule has 3 rings (SSSR count). The molecule has 1 aromatic heterocycles. The Labute approximate surface area is 170 Å². The minimum Gasteiger partial charge on any atom is -0.378 e. The molecular formula is C16H26IN7O2. The highest BCUT2D eigenvalue weighted by Crippen LogP contribution is 2.10. The van der Waals surface area contributed by atoms with E-state index in [9.17, 15) is 4.79 Å². The normalized spacial score (nSPS) is 18.5. The molecular weight excluding hydrogens is 449 g/mol. The number of carbonyl (C=O) groups is 1. The van der Waals surface area contributed by atoms with Crippen molar-refractivity contribution in [3.8, 4) is 0 Å². The van der Waals surface area contributed by atoms with Gasteiger partial charge in [-0.05, 0) is 6.07 Å². The summed E-state index contributed by atoms with van der Waals surface area (Å²) in [7, 11) is 0. The lowest BCUT2D eigenvalue weighted by Crippen LogP contribution is -2.49. The predicted molar refractivity (Wildman–Crippen MR) is 110 cm³/mol. The topological polar surface area (TPSA) is 100 Å². The first-order chi connectivity index (χ1) is 12.2. The molecule has 1 amide bonds. The summed E-state index contributed by atoms with van der Waals surface area (Å²) >= 11 is 0. The van der Waals surface area contributed by atoms with Crippen LogP contribution in [0, 0.1) is 0 Å². The Morgan fingerprint density at radius 3 is 2.38 bits per heavy atom. The number of nitrogens with zero attached hydrogens (tertiary/aromatic N) is 6. The second-order valence-electron chi connectivity index (χ2n) is 6.01. The quantitative estimate of drug-likeness (QED) is 0.365. The molecule has 0 radical (unpaired) electrons. The van der Waals surface area contributed by atoms with Gasteiger partial charge in [-0.2, -0.15) is 0 Å². The zero-order valence-electron chi connectivity index (χ0n) is 14.8. The van der Waals surface area contributed by atoms with Crippen molar-refractivity contribution in [1.82, 2.24) is 19.8 Å². The third-order valence-corrected chi connectivity index (χ3v) is 4.40. The summed E-state index contributed by atoms with van der Waals surface area (Å²) in [5.41, 5.74) is 5.97. The van der Waals surface area contributed by atoms with Crippen molar-refractivity contribution in [1.29, 1.82) is 0 Å². The van der Waals surface area contributed by atoms with Crippen molar-refractivity contribution in [3.05, 3.63) is 18.5 Å². The smallest absolute Gasteiger partial charge is 0.225 e. The first-order valence-corrected chi connectivity index (χ1v) is 8.66. The van der Waals surface area contributed by atoms with Crippen LogP contribution >= 0.6 is 24.0 Å². The van der Waals surface area contributed by atoms with Gasteiger partial charge in [0.2, 0.25) is 11.9 Å². The number of halogens is 1. The molecule has 2 N–H and O–H groups in total. The average molecular weight is 475 g/mol. The van der Waals surface area contributed by atoms with Crippen LogP contribution in [0.25, 0.3) is 0 Å². The van der Waals surface area contributed by atoms with Crippen LogP contribution in [0.4, 0.5) is 5.95 Å². The Morgan fingerprint density at radius 1 is 1.08 bits per heavy atom. The number of hydrogen-bond acceptors (Lipinski definition) is 6. The maximum Gasteiger partial charge on any atom is 0.225 e. The van der Waals surface area contributed by atoms with E-state index in [0.717, 1.165) is 32.1 Å². The zero-order valence-corrected chi connectivity index (χ0v) is 17.1. The Bertz CT molecular complexity index is 588. The summed E-state index contributed by atoms with van der Waals surface area (Å²) in [4.78, 5) is 31.1. The fourth-order valence-corrected chi connectivity index (χ4v) is 2.93. The van der Waals surface area contributed by atoms with Crippen LogP contribution in [-0.4, -0.2) is 90.7 Å². The average Bonchev–Trinajstić information content (AvgIpc) is 2.69. The van der Waals surface area contributed by atoms with Crippen LogP contribution in [0.1, 0.15) is 6.42 Å². The van der Waals surface area contributed by atoms with Gasteiger partial charge in [-0.25, -0.2) is 9.97 Å². The van der Waals surface area contributed by atoms with Gasteiger partial charge in [0.15, 0.2) is 5.96 Å². The molecule has 26 heavy (non-hydrogen) atoms.